The number of nitrogens with one attached hydrogen (secondary N) is 1. The first-order valence-corrected chi connectivity index (χ1v) is 5.70. The summed E-state index contributed by atoms with van der Waals surface area (Å²) in [6.45, 7) is 3.28. The standard InChI is InChI=1S/C10H19N5/c1-8(7-11-9-4-3-5-9)6-10-12-14-15(2)13-10/h8-9,11H,3-7H2,1-2H3. The molecule has 1 N–H and O–H groups in total. The Kier molecular flexibility index (Phi) is 3.30. The quantitative estimate of drug-likeness (QED) is 0.768. The lowest BCUT2D eigenvalue weighted by Gasteiger charge is -2.27. The summed E-state index contributed by atoms with van der Waals surface area (Å²) < 4.78 is 0. The predicted octanol–water partition coefficient (Wildman–Crippen LogP) is 0.531. The van der Waals surface area contributed by atoms with Gasteiger partial charge in [0, 0.05) is 12.5 Å². The van der Waals surface area contributed by atoms with Crippen molar-refractivity contribution in [1.29, 1.82) is 0 Å². The highest BCUT2D eigenvalue weighted by atomic mass is 15.6. The number of nitrogens with zero attached hydrogens (tertiary/aromatic N) is 4. The Morgan fingerprint density at radius 3 is 2.87 bits per heavy atom. The maximum atomic E-state index is 4.18. The van der Waals surface area contributed by atoms with Gasteiger partial charge in [0.15, 0.2) is 5.82 Å². The molecule has 0 bridgehead atoms. The van der Waals surface area contributed by atoms with Crippen molar-refractivity contribution in [3.05, 3.63) is 5.82 Å². The second kappa shape index (κ2) is 4.70. The lowest BCUT2D eigenvalue weighted by molar-refractivity contribution is 0.319. The van der Waals surface area contributed by atoms with E-state index in [0.29, 0.717) is 5.92 Å². The van der Waals surface area contributed by atoms with E-state index < -0.39 is 0 Å². The first-order chi connectivity index (χ1) is 7.24. The lowest BCUT2D eigenvalue weighted by atomic mass is 9.92. The molecule has 1 aliphatic carbocycles. The molecule has 0 amide bonds. The Morgan fingerprint density at radius 2 is 2.33 bits per heavy atom. The van der Waals surface area contributed by atoms with Crippen LogP contribution in [-0.4, -0.2) is 32.8 Å². The third-order valence-corrected chi connectivity index (χ3v) is 2.94. The first kappa shape index (κ1) is 10.5. The normalized spacial score (nSPS) is 18.8. The predicted molar refractivity (Wildman–Crippen MR) is 57.3 cm³/mol. The van der Waals surface area contributed by atoms with Crippen LogP contribution in [0.2, 0.25) is 0 Å². The lowest BCUT2D eigenvalue weighted by Crippen LogP contribution is -2.38. The number of hydrogen-bond donors (Lipinski definition) is 1. The molecule has 15 heavy (non-hydrogen) atoms. The van der Waals surface area contributed by atoms with Crippen molar-refractivity contribution >= 4 is 0 Å². The largest absolute Gasteiger partial charge is 0.314 e. The minimum Gasteiger partial charge on any atom is -0.314 e. The third kappa shape index (κ3) is 2.99. The molecule has 84 valence electrons. The summed E-state index contributed by atoms with van der Waals surface area (Å²) >= 11 is 0. The minimum absolute atomic E-state index is 0.579. The molecular formula is C10H19N5. The van der Waals surface area contributed by atoms with E-state index in [1.54, 1.807) is 7.05 Å². The fourth-order valence-electron chi connectivity index (χ4n) is 1.77. The molecule has 5 nitrogen and oxygen atoms in total. The van der Waals surface area contributed by atoms with Crippen LogP contribution >= 0.6 is 0 Å². The van der Waals surface area contributed by atoms with E-state index in [2.05, 4.69) is 27.7 Å². The van der Waals surface area contributed by atoms with Gasteiger partial charge in [0.2, 0.25) is 0 Å². The van der Waals surface area contributed by atoms with Crippen molar-refractivity contribution in [3.8, 4) is 0 Å². The molecule has 0 saturated heterocycles. The Morgan fingerprint density at radius 1 is 1.53 bits per heavy atom. The summed E-state index contributed by atoms with van der Waals surface area (Å²) in [5.41, 5.74) is 0. The highest BCUT2D eigenvalue weighted by Crippen LogP contribution is 2.18. The van der Waals surface area contributed by atoms with Crippen molar-refractivity contribution in [2.24, 2.45) is 13.0 Å². The van der Waals surface area contributed by atoms with Gasteiger partial charge >= 0.3 is 0 Å². The number of rotatable bonds is 5. The maximum absolute atomic E-state index is 4.18. The van der Waals surface area contributed by atoms with Crippen molar-refractivity contribution in [2.45, 2.75) is 38.6 Å². The van der Waals surface area contributed by atoms with Gasteiger partial charge in [-0.15, -0.1) is 10.2 Å². The van der Waals surface area contributed by atoms with Gasteiger partial charge < -0.3 is 5.32 Å². The molecule has 1 fully saturated rings. The topological polar surface area (TPSA) is 55.6 Å². The van der Waals surface area contributed by atoms with Gasteiger partial charge in [0.1, 0.15) is 0 Å². The van der Waals surface area contributed by atoms with Crippen LogP contribution in [0.5, 0.6) is 0 Å². The van der Waals surface area contributed by atoms with Crippen molar-refractivity contribution < 1.29 is 0 Å². The van der Waals surface area contributed by atoms with Crippen LogP contribution in [0.15, 0.2) is 0 Å². The van der Waals surface area contributed by atoms with Crippen LogP contribution in [0.3, 0.4) is 0 Å². The van der Waals surface area contributed by atoms with E-state index in [1.807, 2.05) is 0 Å². The summed E-state index contributed by atoms with van der Waals surface area (Å²) in [4.78, 5) is 1.52. The van der Waals surface area contributed by atoms with Crippen molar-refractivity contribution in [3.63, 3.8) is 0 Å². The van der Waals surface area contributed by atoms with Crippen LogP contribution in [0.4, 0.5) is 0 Å². The fourth-order valence-corrected chi connectivity index (χ4v) is 1.77. The smallest absolute Gasteiger partial charge is 0.175 e. The monoisotopic (exact) mass is 209 g/mol. The van der Waals surface area contributed by atoms with E-state index >= 15 is 0 Å². The second-order valence-electron chi connectivity index (χ2n) is 4.54. The third-order valence-electron chi connectivity index (χ3n) is 2.94. The van der Waals surface area contributed by atoms with Gasteiger partial charge in [0.05, 0.1) is 7.05 Å². The van der Waals surface area contributed by atoms with Gasteiger partial charge in [-0.1, -0.05) is 13.3 Å². The average molecular weight is 209 g/mol. The molecule has 0 aliphatic heterocycles. The van der Waals surface area contributed by atoms with E-state index in [0.717, 1.165) is 24.8 Å². The SMILES string of the molecule is CC(CNC1CCC1)Cc1nnn(C)n1. The van der Waals surface area contributed by atoms with E-state index in [-0.39, 0.29) is 0 Å². The molecule has 1 aromatic rings. The van der Waals surface area contributed by atoms with Gasteiger partial charge in [-0.25, -0.2) is 0 Å². The molecule has 1 aromatic heterocycles. The second-order valence-corrected chi connectivity index (χ2v) is 4.54. The zero-order valence-electron chi connectivity index (χ0n) is 9.48. The van der Waals surface area contributed by atoms with Gasteiger partial charge in [-0.3, -0.25) is 0 Å². The van der Waals surface area contributed by atoms with Crippen LogP contribution in [0.25, 0.3) is 0 Å². The first-order valence-electron chi connectivity index (χ1n) is 5.70. The van der Waals surface area contributed by atoms with Gasteiger partial charge in [-0.2, -0.15) is 4.80 Å². The van der Waals surface area contributed by atoms with Gasteiger partial charge in [0.25, 0.3) is 0 Å². The summed E-state index contributed by atoms with van der Waals surface area (Å²) in [5.74, 6) is 1.43. The number of hydrogen-bond acceptors (Lipinski definition) is 4. The molecular weight excluding hydrogens is 190 g/mol. The molecule has 0 aromatic carbocycles. The fraction of sp³-hybridized carbons (Fsp3) is 0.900. The van der Waals surface area contributed by atoms with E-state index in [9.17, 15) is 0 Å². The van der Waals surface area contributed by atoms with E-state index in [4.69, 9.17) is 0 Å². The summed E-state index contributed by atoms with van der Waals surface area (Å²) in [6, 6.07) is 0.766. The number of aromatic nitrogens is 4. The molecule has 1 unspecified atom stereocenters. The Bertz CT molecular complexity index is 305. The molecule has 0 spiro atoms. The Labute approximate surface area is 90.2 Å². The van der Waals surface area contributed by atoms with Crippen molar-refractivity contribution in [2.75, 3.05) is 6.54 Å². The number of aryl methyl sites for hydroxylation is 1. The van der Waals surface area contributed by atoms with Crippen LogP contribution < -0.4 is 5.32 Å². The molecule has 0 radical (unpaired) electrons. The summed E-state index contributed by atoms with van der Waals surface area (Å²) in [6.07, 6.45) is 4.98. The van der Waals surface area contributed by atoms with Gasteiger partial charge in [-0.05, 0) is 30.5 Å². The van der Waals surface area contributed by atoms with Crippen LogP contribution in [-0.2, 0) is 13.5 Å². The minimum atomic E-state index is 0.579. The number of tetrazole rings is 1. The molecule has 1 aliphatic rings. The highest BCUT2D eigenvalue weighted by Gasteiger charge is 2.17. The Balaban J connectivity index is 1.69. The maximum Gasteiger partial charge on any atom is 0.175 e. The molecule has 5 heteroatoms. The molecule has 1 saturated carbocycles. The van der Waals surface area contributed by atoms with E-state index in [1.165, 1.54) is 24.1 Å². The zero-order valence-corrected chi connectivity index (χ0v) is 9.48. The average Bonchev–Trinajstić information content (AvgIpc) is 2.48. The van der Waals surface area contributed by atoms with Crippen LogP contribution in [0, 0.1) is 5.92 Å². The summed E-state index contributed by atoms with van der Waals surface area (Å²) in [5, 5.41) is 15.6. The summed E-state index contributed by atoms with van der Waals surface area (Å²) in [7, 11) is 1.80. The molecule has 2 rings (SSSR count). The van der Waals surface area contributed by atoms with Crippen molar-refractivity contribution in [1.82, 2.24) is 25.5 Å². The van der Waals surface area contributed by atoms with Crippen LogP contribution in [0.1, 0.15) is 32.0 Å². The molecule has 1 atom stereocenters. The Hall–Kier alpha value is -0.970. The zero-order chi connectivity index (χ0) is 10.7. The highest BCUT2D eigenvalue weighted by molar-refractivity contribution is 4.82. The molecule has 1 heterocycles.